The van der Waals surface area contributed by atoms with E-state index < -0.39 is 4.92 Å². The van der Waals surface area contributed by atoms with Crippen LogP contribution in [0.4, 0.5) is 5.69 Å². The van der Waals surface area contributed by atoms with Gasteiger partial charge in [-0.15, -0.1) is 11.6 Å². The molecule has 80 valence electrons. The lowest BCUT2D eigenvalue weighted by molar-refractivity contribution is -0.385. The SMILES string of the molecule is O=C(CCl)c1cc(I)c([N+](=O)[O-])cc1Cl. The number of nitro benzene ring substituents is 1. The Labute approximate surface area is 109 Å². The summed E-state index contributed by atoms with van der Waals surface area (Å²) in [6.45, 7) is 0. The van der Waals surface area contributed by atoms with Crippen LogP contribution >= 0.6 is 45.8 Å². The molecule has 0 saturated heterocycles. The van der Waals surface area contributed by atoms with Crippen molar-refractivity contribution >= 4 is 57.3 Å². The van der Waals surface area contributed by atoms with Crippen molar-refractivity contribution in [2.75, 3.05) is 5.88 Å². The zero-order valence-corrected chi connectivity index (χ0v) is 10.8. The number of nitro groups is 1. The number of ketones is 1. The molecule has 0 saturated carbocycles. The van der Waals surface area contributed by atoms with Gasteiger partial charge in [-0.2, -0.15) is 0 Å². The highest BCUT2D eigenvalue weighted by Gasteiger charge is 2.18. The molecule has 0 aliphatic heterocycles. The van der Waals surface area contributed by atoms with Gasteiger partial charge < -0.3 is 0 Å². The van der Waals surface area contributed by atoms with Crippen molar-refractivity contribution in [2.45, 2.75) is 0 Å². The number of benzene rings is 1. The first-order valence-corrected chi connectivity index (χ1v) is 5.69. The van der Waals surface area contributed by atoms with Crippen LogP contribution in [-0.4, -0.2) is 16.6 Å². The van der Waals surface area contributed by atoms with Gasteiger partial charge in [-0.05, 0) is 28.7 Å². The van der Waals surface area contributed by atoms with Crippen molar-refractivity contribution in [3.8, 4) is 0 Å². The minimum Gasteiger partial charge on any atom is -0.293 e. The first kappa shape index (κ1) is 12.7. The van der Waals surface area contributed by atoms with E-state index in [-0.39, 0.29) is 27.9 Å². The lowest BCUT2D eigenvalue weighted by Crippen LogP contribution is -2.03. The van der Waals surface area contributed by atoms with Crippen LogP contribution in [0.3, 0.4) is 0 Å². The second kappa shape index (κ2) is 5.09. The summed E-state index contributed by atoms with van der Waals surface area (Å²) >= 11 is 12.9. The smallest absolute Gasteiger partial charge is 0.284 e. The fraction of sp³-hybridized carbons (Fsp3) is 0.125. The molecular weight excluding hydrogens is 356 g/mol. The fourth-order valence-corrected chi connectivity index (χ4v) is 2.03. The highest BCUT2D eigenvalue weighted by molar-refractivity contribution is 14.1. The maximum atomic E-state index is 11.3. The highest BCUT2D eigenvalue weighted by Crippen LogP contribution is 2.28. The van der Waals surface area contributed by atoms with E-state index in [0.717, 1.165) is 6.07 Å². The lowest BCUT2D eigenvalue weighted by Gasteiger charge is -2.02. The van der Waals surface area contributed by atoms with Gasteiger partial charge in [0.25, 0.3) is 5.69 Å². The van der Waals surface area contributed by atoms with Crippen LogP contribution in [0.2, 0.25) is 5.02 Å². The van der Waals surface area contributed by atoms with E-state index in [1.165, 1.54) is 6.07 Å². The number of halogens is 3. The first-order valence-electron chi connectivity index (χ1n) is 3.70. The molecule has 0 aromatic heterocycles. The summed E-state index contributed by atoms with van der Waals surface area (Å²) in [7, 11) is 0. The minimum absolute atomic E-state index is 0.0489. The minimum atomic E-state index is -0.553. The third kappa shape index (κ3) is 2.79. The fourth-order valence-electron chi connectivity index (χ4n) is 0.962. The van der Waals surface area contributed by atoms with Gasteiger partial charge in [0.2, 0.25) is 0 Å². The molecule has 15 heavy (non-hydrogen) atoms. The molecule has 1 rings (SSSR count). The molecule has 0 atom stereocenters. The van der Waals surface area contributed by atoms with Crippen LogP contribution in [0.5, 0.6) is 0 Å². The Morgan fingerprint density at radius 2 is 2.13 bits per heavy atom. The predicted octanol–water partition coefficient (Wildman–Crippen LogP) is 3.27. The molecule has 0 amide bonds. The first-order chi connectivity index (χ1) is 6.97. The number of carbonyl (C=O) groups is 1. The van der Waals surface area contributed by atoms with E-state index in [0.29, 0.717) is 3.57 Å². The Kier molecular flexibility index (Phi) is 4.30. The van der Waals surface area contributed by atoms with Gasteiger partial charge >= 0.3 is 0 Å². The van der Waals surface area contributed by atoms with Crippen LogP contribution in [0, 0.1) is 13.7 Å². The predicted molar refractivity (Wildman–Crippen MR) is 65.9 cm³/mol. The Morgan fingerprint density at radius 1 is 1.53 bits per heavy atom. The Bertz CT molecular complexity index is 436. The highest BCUT2D eigenvalue weighted by atomic mass is 127. The monoisotopic (exact) mass is 359 g/mol. The molecule has 0 aliphatic rings. The van der Waals surface area contributed by atoms with Gasteiger partial charge in [0.15, 0.2) is 5.78 Å². The van der Waals surface area contributed by atoms with Gasteiger partial charge in [0.1, 0.15) is 0 Å². The van der Waals surface area contributed by atoms with Crippen LogP contribution in [0.15, 0.2) is 12.1 Å². The van der Waals surface area contributed by atoms with E-state index in [9.17, 15) is 14.9 Å². The number of rotatable bonds is 3. The summed E-state index contributed by atoms with van der Waals surface area (Å²) in [4.78, 5) is 21.3. The third-order valence-electron chi connectivity index (χ3n) is 1.65. The van der Waals surface area contributed by atoms with Crippen molar-refractivity contribution in [3.05, 3.63) is 36.4 Å². The van der Waals surface area contributed by atoms with Crippen molar-refractivity contribution in [3.63, 3.8) is 0 Å². The van der Waals surface area contributed by atoms with Crippen molar-refractivity contribution in [1.82, 2.24) is 0 Å². The van der Waals surface area contributed by atoms with Crippen LogP contribution in [-0.2, 0) is 0 Å². The molecule has 1 aromatic carbocycles. The Morgan fingerprint density at radius 3 is 2.60 bits per heavy atom. The maximum Gasteiger partial charge on any atom is 0.284 e. The molecule has 0 heterocycles. The average Bonchev–Trinajstić information content (AvgIpc) is 2.19. The number of alkyl halides is 1. The molecule has 4 nitrogen and oxygen atoms in total. The van der Waals surface area contributed by atoms with Crippen LogP contribution in [0.25, 0.3) is 0 Å². The third-order valence-corrected chi connectivity index (χ3v) is 3.07. The number of hydrogen-bond donors (Lipinski definition) is 0. The zero-order valence-electron chi connectivity index (χ0n) is 7.17. The van der Waals surface area contributed by atoms with E-state index in [1.807, 2.05) is 0 Å². The van der Waals surface area contributed by atoms with Gasteiger partial charge in [-0.25, -0.2) is 0 Å². The van der Waals surface area contributed by atoms with Gasteiger partial charge in [-0.3, -0.25) is 14.9 Å². The van der Waals surface area contributed by atoms with Crippen molar-refractivity contribution < 1.29 is 9.72 Å². The molecule has 7 heteroatoms. The van der Waals surface area contributed by atoms with Gasteiger partial charge in [-0.1, -0.05) is 11.6 Å². The molecule has 0 radical (unpaired) electrons. The van der Waals surface area contributed by atoms with E-state index in [1.54, 1.807) is 22.6 Å². The number of hydrogen-bond acceptors (Lipinski definition) is 3. The quantitative estimate of drug-likeness (QED) is 0.273. The topological polar surface area (TPSA) is 60.2 Å². The van der Waals surface area contributed by atoms with Crippen molar-refractivity contribution in [1.29, 1.82) is 0 Å². The Balaban J connectivity index is 3.31. The zero-order chi connectivity index (χ0) is 11.6. The summed E-state index contributed by atoms with van der Waals surface area (Å²) in [6, 6.07) is 2.52. The second-order valence-corrected chi connectivity index (χ2v) is 4.43. The second-order valence-electron chi connectivity index (χ2n) is 2.60. The maximum absolute atomic E-state index is 11.3. The van der Waals surface area contributed by atoms with E-state index in [2.05, 4.69) is 0 Å². The summed E-state index contributed by atoms with van der Waals surface area (Å²) in [6.07, 6.45) is 0. The molecule has 0 bridgehead atoms. The molecule has 0 unspecified atom stereocenters. The van der Waals surface area contributed by atoms with E-state index >= 15 is 0 Å². The van der Waals surface area contributed by atoms with Gasteiger partial charge in [0.05, 0.1) is 19.4 Å². The number of nitrogens with zero attached hydrogens (tertiary/aromatic N) is 1. The van der Waals surface area contributed by atoms with Crippen LogP contribution in [0.1, 0.15) is 10.4 Å². The van der Waals surface area contributed by atoms with Crippen LogP contribution < -0.4 is 0 Å². The molecule has 0 fully saturated rings. The van der Waals surface area contributed by atoms with Crippen molar-refractivity contribution in [2.24, 2.45) is 0 Å². The average molecular weight is 360 g/mol. The molecule has 0 N–H and O–H groups in total. The van der Waals surface area contributed by atoms with E-state index in [4.69, 9.17) is 23.2 Å². The molecule has 0 aliphatic carbocycles. The van der Waals surface area contributed by atoms with Gasteiger partial charge in [0, 0.05) is 11.6 Å². The molecule has 0 spiro atoms. The molecule has 1 aromatic rings. The normalized spacial score (nSPS) is 10.1. The largest absolute Gasteiger partial charge is 0.293 e. The number of carbonyl (C=O) groups excluding carboxylic acids is 1. The summed E-state index contributed by atoms with van der Waals surface area (Å²) in [5, 5.41) is 10.6. The lowest BCUT2D eigenvalue weighted by atomic mass is 10.1. The number of Topliss-reactive ketones (excluding diaryl/α,β-unsaturated/α-hetero) is 1. The summed E-state index contributed by atoms with van der Waals surface area (Å²) in [5.74, 6) is -0.553. The summed E-state index contributed by atoms with van der Waals surface area (Å²) in [5.41, 5.74) is 0.0911. The molecular formula is C8H4Cl2INO3. The summed E-state index contributed by atoms with van der Waals surface area (Å²) < 4.78 is 0.357. The Hall–Kier alpha value is -0.400. The standard InChI is InChI=1S/C8H4Cl2INO3/c9-3-8(13)4-1-6(11)7(12(14)15)2-5(4)10/h1-2H,3H2.